The van der Waals surface area contributed by atoms with Crippen LogP contribution in [0.15, 0.2) is 24.3 Å². The Kier molecular flexibility index (Phi) is 3.01. The van der Waals surface area contributed by atoms with Crippen molar-refractivity contribution < 1.29 is 19.1 Å². The summed E-state index contributed by atoms with van der Waals surface area (Å²) in [5.74, 6) is -0.365. The Hall–Kier alpha value is -1.88. The van der Waals surface area contributed by atoms with Gasteiger partial charge in [-0.1, -0.05) is 24.3 Å². The second-order valence-corrected chi connectivity index (χ2v) is 6.27. The minimum absolute atomic E-state index is 0.0418. The van der Waals surface area contributed by atoms with E-state index in [0.717, 1.165) is 18.4 Å². The summed E-state index contributed by atoms with van der Waals surface area (Å²) in [6.45, 7) is 0.609. The summed E-state index contributed by atoms with van der Waals surface area (Å²) in [5.41, 5.74) is 1.64. The van der Waals surface area contributed by atoms with Crippen LogP contribution in [0.3, 0.4) is 0 Å². The normalized spacial score (nSPS) is 32.1. The molecule has 5 nitrogen and oxygen atoms in total. The Morgan fingerprint density at radius 2 is 2.18 bits per heavy atom. The first-order chi connectivity index (χ1) is 10.7. The van der Waals surface area contributed by atoms with E-state index in [1.54, 1.807) is 4.90 Å². The molecule has 1 aliphatic carbocycles. The lowest BCUT2D eigenvalue weighted by molar-refractivity contribution is -0.153. The fourth-order valence-corrected chi connectivity index (χ4v) is 3.92. The summed E-state index contributed by atoms with van der Waals surface area (Å²) in [4.78, 5) is 26.5. The molecular weight excluding hydrogens is 282 g/mol. The number of fused-ring (bicyclic) bond motifs is 3. The van der Waals surface area contributed by atoms with Gasteiger partial charge in [0.1, 0.15) is 12.1 Å². The number of amides is 1. The molecule has 0 radical (unpaired) electrons. The molecule has 4 rings (SSSR count). The van der Waals surface area contributed by atoms with E-state index in [-0.39, 0.29) is 18.0 Å². The molecule has 5 heteroatoms. The molecule has 2 aliphatic heterocycles. The minimum atomic E-state index is -0.745. The van der Waals surface area contributed by atoms with Crippen molar-refractivity contribution in [2.24, 2.45) is 0 Å². The van der Waals surface area contributed by atoms with Crippen LogP contribution in [-0.4, -0.2) is 42.1 Å². The molecule has 1 aromatic rings. The number of hydrogen-bond acceptors (Lipinski definition) is 4. The SMILES string of the molecule is COC(=O)C1CCCN1C(=O)C12CCc3ccccc3C1O2. The van der Waals surface area contributed by atoms with Crippen LogP contribution in [0.2, 0.25) is 0 Å². The number of aryl methyl sites for hydroxylation is 1. The standard InChI is InChI=1S/C17H19NO4/c1-21-15(19)13-7-4-10-18(13)16(20)17-9-8-11-5-2-3-6-12(11)14(17)22-17/h2-3,5-6,13-14H,4,7-10H2,1H3. The number of epoxide rings is 1. The largest absolute Gasteiger partial charge is 0.467 e. The van der Waals surface area contributed by atoms with Crippen LogP contribution in [0.5, 0.6) is 0 Å². The zero-order valence-corrected chi connectivity index (χ0v) is 12.6. The first-order valence-electron chi connectivity index (χ1n) is 7.82. The van der Waals surface area contributed by atoms with Crippen molar-refractivity contribution in [3.63, 3.8) is 0 Å². The van der Waals surface area contributed by atoms with Crippen molar-refractivity contribution in [1.82, 2.24) is 4.90 Å². The highest BCUT2D eigenvalue weighted by atomic mass is 16.6. The highest BCUT2D eigenvalue weighted by Gasteiger charge is 2.66. The van der Waals surface area contributed by atoms with E-state index in [1.807, 2.05) is 18.2 Å². The second-order valence-electron chi connectivity index (χ2n) is 6.27. The molecule has 2 heterocycles. The molecule has 3 aliphatic rings. The quantitative estimate of drug-likeness (QED) is 0.615. The lowest BCUT2D eigenvalue weighted by Crippen LogP contribution is -2.48. The monoisotopic (exact) mass is 301 g/mol. The van der Waals surface area contributed by atoms with E-state index < -0.39 is 11.6 Å². The third kappa shape index (κ3) is 1.81. The Balaban J connectivity index is 1.59. The maximum Gasteiger partial charge on any atom is 0.328 e. The maximum atomic E-state index is 13.0. The first kappa shape index (κ1) is 13.8. The summed E-state index contributed by atoms with van der Waals surface area (Å²) in [5, 5.41) is 0. The summed E-state index contributed by atoms with van der Waals surface area (Å²) in [7, 11) is 1.37. The number of rotatable bonds is 2. The molecule has 3 atom stereocenters. The minimum Gasteiger partial charge on any atom is -0.467 e. The van der Waals surface area contributed by atoms with Crippen LogP contribution in [0.1, 0.15) is 36.5 Å². The van der Waals surface area contributed by atoms with E-state index in [4.69, 9.17) is 9.47 Å². The van der Waals surface area contributed by atoms with Gasteiger partial charge in [-0.05, 0) is 36.8 Å². The number of likely N-dealkylation sites (tertiary alicyclic amines) is 1. The number of carbonyl (C=O) groups excluding carboxylic acids is 2. The van der Waals surface area contributed by atoms with E-state index in [9.17, 15) is 9.59 Å². The van der Waals surface area contributed by atoms with Crippen molar-refractivity contribution in [2.75, 3.05) is 13.7 Å². The van der Waals surface area contributed by atoms with Crippen LogP contribution in [-0.2, 0) is 25.5 Å². The van der Waals surface area contributed by atoms with Crippen molar-refractivity contribution in [3.05, 3.63) is 35.4 Å². The van der Waals surface area contributed by atoms with Crippen LogP contribution in [0.25, 0.3) is 0 Å². The molecule has 1 aromatic carbocycles. The van der Waals surface area contributed by atoms with Crippen LogP contribution < -0.4 is 0 Å². The zero-order valence-electron chi connectivity index (χ0n) is 12.6. The van der Waals surface area contributed by atoms with Crippen molar-refractivity contribution in [1.29, 1.82) is 0 Å². The number of methoxy groups -OCH3 is 1. The molecule has 2 fully saturated rings. The number of hydrogen-bond donors (Lipinski definition) is 0. The van der Waals surface area contributed by atoms with Gasteiger partial charge in [-0.25, -0.2) is 4.79 Å². The topological polar surface area (TPSA) is 59.1 Å². The van der Waals surface area contributed by atoms with Gasteiger partial charge in [0.2, 0.25) is 0 Å². The summed E-state index contributed by atoms with van der Waals surface area (Å²) >= 11 is 0. The molecule has 22 heavy (non-hydrogen) atoms. The van der Waals surface area contributed by atoms with E-state index >= 15 is 0 Å². The second kappa shape index (κ2) is 4.81. The lowest BCUT2D eigenvalue weighted by atomic mass is 9.83. The van der Waals surface area contributed by atoms with E-state index in [1.165, 1.54) is 12.7 Å². The fraction of sp³-hybridized carbons (Fsp3) is 0.529. The molecule has 0 aromatic heterocycles. The summed E-state index contributed by atoms with van der Waals surface area (Å²) in [6.07, 6.45) is 2.90. The van der Waals surface area contributed by atoms with Crippen molar-refractivity contribution in [2.45, 2.75) is 43.4 Å². The highest BCUT2D eigenvalue weighted by molar-refractivity contribution is 5.93. The molecule has 0 spiro atoms. The molecule has 0 N–H and O–H groups in total. The fourth-order valence-electron chi connectivity index (χ4n) is 3.92. The summed E-state index contributed by atoms with van der Waals surface area (Å²) < 4.78 is 10.7. The molecule has 0 saturated carbocycles. The smallest absolute Gasteiger partial charge is 0.328 e. The Labute approximate surface area is 129 Å². The predicted octanol–water partition coefficient (Wildman–Crippen LogP) is 1.61. The Morgan fingerprint density at radius 3 is 3.00 bits per heavy atom. The third-order valence-corrected chi connectivity index (χ3v) is 5.15. The van der Waals surface area contributed by atoms with Crippen LogP contribution in [0.4, 0.5) is 0 Å². The van der Waals surface area contributed by atoms with Crippen molar-refractivity contribution in [3.8, 4) is 0 Å². The molecule has 0 bridgehead atoms. The molecule has 2 saturated heterocycles. The van der Waals surface area contributed by atoms with Gasteiger partial charge in [-0.15, -0.1) is 0 Å². The molecule has 3 unspecified atom stereocenters. The third-order valence-electron chi connectivity index (χ3n) is 5.15. The average molecular weight is 301 g/mol. The van der Waals surface area contributed by atoms with Crippen LogP contribution in [0, 0.1) is 0 Å². The van der Waals surface area contributed by atoms with E-state index in [0.29, 0.717) is 19.4 Å². The van der Waals surface area contributed by atoms with Gasteiger partial charge in [-0.3, -0.25) is 4.79 Å². The number of esters is 1. The lowest BCUT2D eigenvalue weighted by Gasteiger charge is -2.28. The zero-order chi connectivity index (χ0) is 15.3. The van der Waals surface area contributed by atoms with E-state index in [2.05, 4.69) is 6.07 Å². The van der Waals surface area contributed by atoms with Gasteiger partial charge in [0, 0.05) is 6.54 Å². The number of benzene rings is 1. The predicted molar refractivity (Wildman–Crippen MR) is 78.1 cm³/mol. The average Bonchev–Trinajstić information content (AvgIpc) is 3.14. The molecule has 116 valence electrons. The maximum absolute atomic E-state index is 13.0. The van der Waals surface area contributed by atoms with Gasteiger partial charge < -0.3 is 14.4 Å². The van der Waals surface area contributed by atoms with Gasteiger partial charge in [0.15, 0.2) is 5.60 Å². The van der Waals surface area contributed by atoms with Gasteiger partial charge in [-0.2, -0.15) is 0 Å². The van der Waals surface area contributed by atoms with Gasteiger partial charge in [0.05, 0.1) is 7.11 Å². The molecule has 1 amide bonds. The highest BCUT2D eigenvalue weighted by Crippen LogP contribution is 2.57. The van der Waals surface area contributed by atoms with Crippen molar-refractivity contribution >= 4 is 11.9 Å². The molecular formula is C17H19NO4. The first-order valence-corrected chi connectivity index (χ1v) is 7.82. The Bertz CT molecular complexity index is 643. The van der Waals surface area contributed by atoms with Crippen LogP contribution >= 0.6 is 0 Å². The van der Waals surface area contributed by atoms with Gasteiger partial charge in [0.25, 0.3) is 5.91 Å². The Morgan fingerprint density at radius 1 is 1.36 bits per heavy atom. The number of ether oxygens (including phenoxy) is 2. The number of nitrogens with zero attached hydrogens (tertiary/aromatic N) is 1. The number of carbonyl (C=O) groups is 2. The van der Waals surface area contributed by atoms with Gasteiger partial charge >= 0.3 is 5.97 Å². The summed E-state index contributed by atoms with van der Waals surface area (Å²) in [6, 6.07) is 7.68.